The highest BCUT2D eigenvalue weighted by Gasteiger charge is 2.21. The van der Waals surface area contributed by atoms with Gasteiger partial charge in [-0.1, -0.05) is 43.2 Å². The van der Waals surface area contributed by atoms with Crippen molar-refractivity contribution in [3.63, 3.8) is 0 Å². The molecule has 4 rings (SSSR count). The predicted octanol–water partition coefficient (Wildman–Crippen LogP) is 3.28. The summed E-state index contributed by atoms with van der Waals surface area (Å²) in [5, 5.41) is 6.95. The van der Waals surface area contributed by atoms with Crippen molar-refractivity contribution in [3.8, 4) is 0 Å². The maximum Gasteiger partial charge on any atom is 0.253 e. The molecule has 1 aliphatic carbocycles. The van der Waals surface area contributed by atoms with E-state index < -0.39 is 0 Å². The van der Waals surface area contributed by atoms with Crippen LogP contribution in [0.15, 0.2) is 30.3 Å². The van der Waals surface area contributed by atoms with Gasteiger partial charge >= 0.3 is 0 Å². The Balaban J connectivity index is 1.34. The lowest BCUT2D eigenvalue weighted by Crippen LogP contribution is -2.39. The monoisotopic (exact) mass is 397 g/mol. The fourth-order valence-corrected chi connectivity index (χ4v) is 4.15. The van der Waals surface area contributed by atoms with E-state index in [2.05, 4.69) is 66.3 Å². The molecule has 2 aliphatic rings. The second-order valence-corrected chi connectivity index (χ2v) is 7.92. The number of benzene rings is 1. The first-order chi connectivity index (χ1) is 14.3. The summed E-state index contributed by atoms with van der Waals surface area (Å²) in [6, 6.07) is 11.5. The Kier molecular flexibility index (Phi) is 6.74. The highest BCUT2D eigenvalue weighted by atomic mass is 16.6. The Morgan fingerprint density at radius 1 is 0.862 bits per heavy atom. The van der Waals surface area contributed by atoms with Crippen molar-refractivity contribution in [1.29, 1.82) is 0 Å². The van der Waals surface area contributed by atoms with Crippen molar-refractivity contribution in [1.82, 2.24) is 19.9 Å². The summed E-state index contributed by atoms with van der Waals surface area (Å²) in [6.07, 6.45) is 6.99. The van der Waals surface area contributed by atoms with Gasteiger partial charge in [0.1, 0.15) is 0 Å². The van der Waals surface area contributed by atoms with Crippen LogP contribution in [0.25, 0.3) is 0 Å². The Labute approximate surface area is 172 Å². The fraction of sp³-hybridized carbons (Fsp3) is 0.571. The first kappa shape index (κ1) is 19.8. The Morgan fingerprint density at radius 2 is 1.45 bits per heavy atom. The lowest BCUT2D eigenvalue weighted by atomic mass is 10.0. The molecule has 1 saturated heterocycles. The van der Waals surface area contributed by atoms with Crippen molar-refractivity contribution in [2.75, 3.05) is 36.3 Å². The van der Waals surface area contributed by atoms with Crippen LogP contribution in [-0.4, -0.2) is 52.1 Å². The normalized spacial score (nSPS) is 18.7. The van der Waals surface area contributed by atoms with Crippen LogP contribution in [0, 0.1) is 0 Å². The average Bonchev–Trinajstić information content (AvgIpc) is 3.23. The molecule has 156 valence electrons. The zero-order valence-corrected chi connectivity index (χ0v) is 17.1. The lowest BCUT2D eigenvalue weighted by Gasteiger charge is -2.32. The molecule has 2 heterocycles. The van der Waals surface area contributed by atoms with Gasteiger partial charge < -0.3 is 10.6 Å². The van der Waals surface area contributed by atoms with Crippen LogP contribution in [0.1, 0.15) is 44.1 Å². The highest BCUT2D eigenvalue weighted by Crippen LogP contribution is 2.22. The topological polar surface area (TPSA) is 87.2 Å². The molecule has 0 spiro atoms. The number of hydrogen-bond acceptors (Lipinski definition) is 8. The first-order valence-electron chi connectivity index (χ1n) is 10.6. The quantitative estimate of drug-likeness (QED) is 0.585. The van der Waals surface area contributed by atoms with E-state index in [0.29, 0.717) is 29.9 Å². The van der Waals surface area contributed by atoms with Gasteiger partial charge in [-0.3, -0.25) is 9.74 Å². The second-order valence-electron chi connectivity index (χ2n) is 7.92. The molecular formula is C21H31N7O. The van der Waals surface area contributed by atoms with E-state index in [9.17, 15) is 0 Å². The number of nitrogens with one attached hydrogen (secondary N) is 3. The van der Waals surface area contributed by atoms with Gasteiger partial charge in [-0.15, -0.1) is 0 Å². The third-order valence-electron chi connectivity index (χ3n) is 5.69. The molecular weight excluding hydrogens is 366 g/mol. The summed E-state index contributed by atoms with van der Waals surface area (Å²) < 4.78 is 0. The molecule has 2 aromatic rings. The molecule has 8 nitrogen and oxygen atoms in total. The van der Waals surface area contributed by atoms with Gasteiger partial charge in [0.15, 0.2) is 0 Å². The van der Waals surface area contributed by atoms with Gasteiger partial charge in [0.05, 0.1) is 7.11 Å². The van der Waals surface area contributed by atoms with Crippen molar-refractivity contribution in [3.05, 3.63) is 35.9 Å². The van der Waals surface area contributed by atoms with Crippen molar-refractivity contribution >= 4 is 17.8 Å². The van der Waals surface area contributed by atoms with Gasteiger partial charge in [-0.2, -0.15) is 15.0 Å². The third-order valence-corrected chi connectivity index (χ3v) is 5.69. The minimum Gasteiger partial charge on any atom is -0.351 e. The number of rotatable bonds is 8. The number of likely N-dealkylation sites (tertiary alicyclic amines) is 1. The molecule has 0 unspecified atom stereocenters. The average molecular weight is 398 g/mol. The molecule has 0 atom stereocenters. The number of aromatic nitrogens is 3. The minimum absolute atomic E-state index is 0.360. The van der Waals surface area contributed by atoms with E-state index in [0.717, 1.165) is 32.5 Å². The predicted molar refractivity (Wildman–Crippen MR) is 115 cm³/mol. The van der Waals surface area contributed by atoms with Crippen molar-refractivity contribution < 1.29 is 4.84 Å². The molecule has 3 N–H and O–H groups in total. The summed E-state index contributed by atoms with van der Waals surface area (Å²) in [7, 11) is 1.56. The third kappa shape index (κ3) is 5.77. The van der Waals surface area contributed by atoms with Crippen LogP contribution in [0.5, 0.6) is 0 Å². The molecule has 1 aromatic carbocycles. The Morgan fingerprint density at radius 3 is 2.07 bits per heavy atom. The summed E-state index contributed by atoms with van der Waals surface area (Å²) >= 11 is 0. The van der Waals surface area contributed by atoms with Crippen LogP contribution in [0.3, 0.4) is 0 Å². The van der Waals surface area contributed by atoms with Crippen molar-refractivity contribution in [2.45, 2.75) is 57.2 Å². The summed E-state index contributed by atoms with van der Waals surface area (Å²) in [4.78, 5) is 21.0. The molecule has 0 bridgehead atoms. The highest BCUT2D eigenvalue weighted by molar-refractivity contribution is 5.42. The molecule has 0 amide bonds. The molecule has 0 radical (unpaired) electrons. The zero-order chi connectivity index (χ0) is 19.9. The second kappa shape index (κ2) is 9.84. The Hall–Kier alpha value is -2.45. The van der Waals surface area contributed by atoms with Crippen LogP contribution in [0.2, 0.25) is 0 Å². The van der Waals surface area contributed by atoms with Gasteiger partial charge in [-0.25, -0.2) is 5.48 Å². The van der Waals surface area contributed by atoms with E-state index in [1.807, 2.05) is 0 Å². The van der Waals surface area contributed by atoms with Gasteiger partial charge in [-0.05, 0) is 31.2 Å². The van der Waals surface area contributed by atoms with E-state index >= 15 is 0 Å². The van der Waals surface area contributed by atoms with Gasteiger partial charge in [0.25, 0.3) is 5.95 Å². The number of hydrogen-bond donors (Lipinski definition) is 3. The maximum atomic E-state index is 5.00. The Bertz CT molecular complexity index is 759. The minimum atomic E-state index is 0.360. The van der Waals surface area contributed by atoms with Crippen LogP contribution in [0.4, 0.5) is 17.8 Å². The molecule has 1 aliphatic heterocycles. The van der Waals surface area contributed by atoms with Crippen LogP contribution in [-0.2, 0) is 11.4 Å². The van der Waals surface area contributed by atoms with Gasteiger partial charge in [0, 0.05) is 31.7 Å². The van der Waals surface area contributed by atoms with Gasteiger partial charge in [0.2, 0.25) is 11.9 Å². The van der Waals surface area contributed by atoms with Crippen LogP contribution >= 0.6 is 0 Å². The SMILES string of the molecule is CONc1nc(NC2CCCC2)nc(NC2CCN(Cc3ccccc3)CC2)n1. The maximum absolute atomic E-state index is 5.00. The van der Waals surface area contributed by atoms with E-state index in [4.69, 9.17) is 4.84 Å². The van der Waals surface area contributed by atoms with E-state index in [1.165, 1.54) is 31.2 Å². The molecule has 8 heteroatoms. The molecule has 29 heavy (non-hydrogen) atoms. The summed E-state index contributed by atoms with van der Waals surface area (Å²) in [6.45, 7) is 3.14. The standard InChI is InChI=1S/C21H31N7O/c1-29-27-21-25-19(22-17-9-5-6-10-17)24-20(26-21)23-18-11-13-28(14-12-18)15-16-7-3-2-4-8-16/h2-4,7-8,17-18H,5-6,9-15H2,1H3,(H3,22,23,24,25,26,27). The van der Waals surface area contributed by atoms with Crippen molar-refractivity contribution in [2.24, 2.45) is 0 Å². The molecule has 1 saturated carbocycles. The molecule has 2 fully saturated rings. The lowest BCUT2D eigenvalue weighted by molar-refractivity contribution is 0.211. The number of nitrogens with zero attached hydrogens (tertiary/aromatic N) is 4. The summed E-state index contributed by atoms with van der Waals surface area (Å²) in [5.74, 6) is 1.63. The zero-order valence-electron chi connectivity index (χ0n) is 17.1. The first-order valence-corrected chi connectivity index (χ1v) is 10.6. The smallest absolute Gasteiger partial charge is 0.253 e. The summed E-state index contributed by atoms with van der Waals surface area (Å²) in [5.41, 5.74) is 4.10. The van der Waals surface area contributed by atoms with E-state index in [1.54, 1.807) is 7.11 Å². The number of piperidine rings is 1. The molecule has 1 aromatic heterocycles. The largest absolute Gasteiger partial charge is 0.351 e. The van der Waals surface area contributed by atoms with E-state index in [-0.39, 0.29) is 0 Å². The van der Waals surface area contributed by atoms with Crippen LogP contribution < -0.4 is 16.1 Å². The number of anilines is 3. The fourth-order valence-electron chi connectivity index (χ4n) is 4.15.